The van der Waals surface area contributed by atoms with Crippen LogP contribution in [0.25, 0.3) is 12.2 Å². The number of hydrogen-bond acceptors (Lipinski definition) is 1. The average Bonchev–Trinajstić information content (AvgIpc) is 2.24. The van der Waals surface area contributed by atoms with Crippen molar-refractivity contribution in [2.45, 2.75) is 13.3 Å². The molecule has 0 heterocycles. The van der Waals surface area contributed by atoms with Crippen molar-refractivity contribution in [3.63, 3.8) is 0 Å². The third kappa shape index (κ3) is 4.27. The van der Waals surface area contributed by atoms with Crippen LogP contribution in [0.15, 0.2) is 36.4 Å². The highest BCUT2D eigenvalue weighted by molar-refractivity contribution is 5.85. The molecular formula is C13H14O2. The summed E-state index contributed by atoms with van der Waals surface area (Å²) >= 11 is 0. The molecule has 2 nitrogen and oxygen atoms in total. The topological polar surface area (TPSA) is 37.3 Å². The van der Waals surface area contributed by atoms with Gasteiger partial charge in [-0.3, -0.25) is 0 Å². The van der Waals surface area contributed by atoms with E-state index < -0.39 is 5.97 Å². The molecule has 2 heteroatoms. The van der Waals surface area contributed by atoms with Crippen molar-refractivity contribution in [1.82, 2.24) is 0 Å². The van der Waals surface area contributed by atoms with Gasteiger partial charge in [-0.1, -0.05) is 37.3 Å². The molecule has 0 saturated heterocycles. The summed E-state index contributed by atoms with van der Waals surface area (Å²) in [5.41, 5.74) is 1.99. The SMILES string of the molecule is CC/C=C/c1cccc(/C=C/C(=O)O)c1. The Kier molecular flexibility index (Phi) is 4.35. The summed E-state index contributed by atoms with van der Waals surface area (Å²) in [6, 6.07) is 7.73. The monoisotopic (exact) mass is 202 g/mol. The zero-order valence-electron chi connectivity index (χ0n) is 8.68. The Balaban J connectivity index is 2.83. The van der Waals surface area contributed by atoms with Gasteiger partial charge in [0, 0.05) is 6.08 Å². The van der Waals surface area contributed by atoms with E-state index in [1.165, 1.54) is 0 Å². The minimum atomic E-state index is -0.926. The first-order chi connectivity index (χ1) is 7.22. The molecule has 0 spiro atoms. The van der Waals surface area contributed by atoms with Crippen LogP contribution in [-0.2, 0) is 4.79 Å². The van der Waals surface area contributed by atoms with E-state index in [4.69, 9.17) is 5.11 Å². The van der Waals surface area contributed by atoms with Gasteiger partial charge in [-0.15, -0.1) is 0 Å². The molecule has 1 N–H and O–H groups in total. The maximum atomic E-state index is 10.3. The third-order valence-corrected chi connectivity index (χ3v) is 1.88. The second kappa shape index (κ2) is 5.81. The van der Waals surface area contributed by atoms with Crippen molar-refractivity contribution in [2.75, 3.05) is 0 Å². The molecule has 1 rings (SSSR count). The Labute approximate surface area is 89.6 Å². The third-order valence-electron chi connectivity index (χ3n) is 1.88. The predicted molar refractivity (Wildman–Crippen MR) is 62.4 cm³/mol. The molecule has 1 aromatic rings. The van der Waals surface area contributed by atoms with Crippen molar-refractivity contribution in [1.29, 1.82) is 0 Å². The Bertz CT molecular complexity index is 389. The predicted octanol–water partition coefficient (Wildman–Crippen LogP) is 3.21. The molecule has 0 aliphatic heterocycles. The number of aliphatic carboxylic acids is 1. The van der Waals surface area contributed by atoms with Crippen molar-refractivity contribution in [2.24, 2.45) is 0 Å². The molecule has 0 unspecified atom stereocenters. The lowest BCUT2D eigenvalue weighted by atomic mass is 10.1. The van der Waals surface area contributed by atoms with E-state index in [2.05, 4.69) is 13.0 Å². The molecule has 0 radical (unpaired) electrons. The van der Waals surface area contributed by atoms with E-state index in [9.17, 15) is 4.79 Å². The number of carbonyl (C=O) groups is 1. The maximum Gasteiger partial charge on any atom is 0.328 e. The lowest BCUT2D eigenvalue weighted by molar-refractivity contribution is -0.131. The van der Waals surface area contributed by atoms with E-state index in [-0.39, 0.29) is 0 Å². The smallest absolute Gasteiger partial charge is 0.328 e. The minimum absolute atomic E-state index is 0.899. The highest BCUT2D eigenvalue weighted by atomic mass is 16.4. The van der Waals surface area contributed by atoms with Gasteiger partial charge in [0.25, 0.3) is 0 Å². The fourth-order valence-electron chi connectivity index (χ4n) is 1.19. The van der Waals surface area contributed by atoms with E-state index in [0.717, 1.165) is 23.6 Å². The first kappa shape index (κ1) is 11.2. The summed E-state index contributed by atoms with van der Waals surface area (Å²) in [6.45, 7) is 2.07. The summed E-state index contributed by atoms with van der Waals surface area (Å²) < 4.78 is 0. The quantitative estimate of drug-likeness (QED) is 0.761. The average molecular weight is 202 g/mol. The molecule has 0 aliphatic rings. The second-order valence-electron chi connectivity index (χ2n) is 3.15. The fraction of sp³-hybridized carbons (Fsp3) is 0.154. The van der Waals surface area contributed by atoms with Crippen LogP contribution in [0.2, 0.25) is 0 Å². The Morgan fingerprint density at radius 1 is 1.33 bits per heavy atom. The molecule has 0 aliphatic carbocycles. The number of carboxylic acids is 1. The van der Waals surface area contributed by atoms with E-state index in [1.54, 1.807) is 6.08 Å². The zero-order chi connectivity index (χ0) is 11.1. The summed E-state index contributed by atoms with van der Waals surface area (Å²) in [5, 5.41) is 8.48. The van der Waals surface area contributed by atoms with Gasteiger partial charge in [-0.05, 0) is 29.7 Å². The summed E-state index contributed by atoms with van der Waals surface area (Å²) in [6.07, 6.45) is 7.82. The van der Waals surface area contributed by atoms with Crippen LogP contribution < -0.4 is 0 Å². The standard InChI is InChI=1S/C13H14O2/c1-2-3-5-11-6-4-7-12(10-11)8-9-13(14)15/h3-10H,2H2,1H3,(H,14,15)/b5-3+,9-8+. The van der Waals surface area contributed by atoms with E-state index in [0.29, 0.717) is 0 Å². The molecule has 0 amide bonds. The summed E-state index contributed by atoms with van der Waals surface area (Å²) in [7, 11) is 0. The van der Waals surface area contributed by atoms with Gasteiger partial charge in [0.2, 0.25) is 0 Å². The van der Waals surface area contributed by atoms with Crippen molar-refractivity contribution in [3.05, 3.63) is 47.5 Å². The second-order valence-corrected chi connectivity index (χ2v) is 3.15. The highest BCUT2D eigenvalue weighted by Crippen LogP contribution is 2.09. The minimum Gasteiger partial charge on any atom is -0.478 e. The number of benzene rings is 1. The van der Waals surface area contributed by atoms with E-state index >= 15 is 0 Å². The zero-order valence-corrected chi connectivity index (χ0v) is 8.68. The lowest BCUT2D eigenvalue weighted by Gasteiger charge is -1.95. The van der Waals surface area contributed by atoms with Crippen LogP contribution in [0, 0.1) is 0 Å². The lowest BCUT2D eigenvalue weighted by Crippen LogP contribution is -1.85. The van der Waals surface area contributed by atoms with Crippen LogP contribution in [-0.4, -0.2) is 11.1 Å². The first-order valence-electron chi connectivity index (χ1n) is 4.90. The van der Waals surface area contributed by atoms with Crippen LogP contribution in [0.4, 0.5) is 0 Å². The van der Waals surface area contributed by atoms with E-state index in [1.807, 2.05) is 30.3 Å². The van der Waals surface area contributed by atoms with Gasteiger partial charge >= 0.3 is 5.97 Å². The first-order valence-corrected chi connectivity index (χ1v) is 4.90. The van der Waals surface area contributed by atoms with Crippen LogP contribution in [0.5, 0.6) is 0 Å². The van der Waals surface area contributed by atoms with Crippen molar-refractivity contribution >= 4 is 18.1 Å². The van der Waals surface area contributed by atoms with Crippen LogP contribution in [0.1, 0.15) is 24.5 Å². The molecule has 0 fully saturated rings. The molecule has 0 aromatic heterocycles. The molecule has 15 heavy (non-hydrogen) atoms. The van der Waals surface area contributed by atoms with Gasteiger partial charge in [0.05, 0.1) is 0 Å². The van der Waals surface area contributed by atoms with Gasteiger partial charge in [0.1, 0.15) is 0 Å². The maximum absolute atomic E-state index is 10.3. The molecule has 1 aromatic carbocycles. The highest BCUT2D eigenvalue weighted by Gasteiger charge is 1.90. The Morgan fingerprint density at radius 2 is 2.00 bits per heavy atom. The molecule has 0 bridgehead atoms. The number of allylic oxidation sites excluding steroid dienone is 1. The van der Waals surface area contributed by atoms with Crippen molar-refractivity contribution < 1.29 is 9.90 Å². The largest absolute Gasteiger partial charge is 0.478 e. The van der Waals surface area contributed by atoms with Gasteiger partial charge < -0.3 is 5.11 Å². The van der Waals surface area contributed by atoms with Gasteiger partial charge in [0.15, 0.2) is 0 Å². The molecule has 0 atom stereocenters. The van der Waals surface area contributed by atoms with Gasteiger partial charge in [-0.25, -0.2) is 4.79 Å². The summed E-state index contributed by atoms with van der Waals surface area (Å²) in [4.78, 5) is 10.3. The molecular weight excluding hydrogens is 188 g/mol. The summed E-state index contributed by atoms with van der Waals surface area (Å²) in [5.74, 6) is -0.926. The molecule has 78 valence electrons. The number of hydrogen-bond donors (Lipinski definition) is 1. The Morgan fingerprint density at radius 3 is 2.60 bits per heavy atom. The number of carboxylic acid groups (broad SMARTS) is 1. The van der Waals surface area contributed by atoms with Crippen LogP contribution in [0.3, 0.4) is 0 Å². The normalized spacial score (nSPS) is 11.3. The molecule has 0 saturated carbocycles. The fourth-order valence-corrected chi connectivity index (χ4v) is 1.19. The van der Waals surface area contributed by atoms with Gasteiger partial charge in [-0.2, -0.15) is 0 Å². The Hall–Kier alpha value is -1.83. The number of rotatable bonds is 4. The van der Waals surface area contributed by atoms with Crippen LogP contribution >= 0.6 is 0 Å². The van der Waals surface area contributed by atoms with Crippen molar-refractivity contribution in [3.8, 4) is 0 Å².